The van der Waals surface area contributed by atoms with Crippen LogP contribution < -0.4 is 0 Å². The lowest BCUT2D eigenvalue weighted by Crippen LogP contribution is -2.13. The Morgan fingerprint density at radius 2 is 1.82 bits per heavy atom. The third kappa shape index (κ3) is 6.28. The molecule has 66 valence electrons. The average Bonchev–Trinajstić information content (AvgIpc) is 2.01. The van der Waals surface area contributed by atoms with Crippen molar-refractivity contribution in [2.75, 3.05) is 13.2 Å². The van der Waals surface area contributed by atoms with Gasteiger partial charge >= 0.3 is 0 Å². The quantitative estimate of drug-likeness (QED) is 0.336. The van der Waals surface area contributed by atoms with Crippen LogP contribution in [0.3, 0.4) is 0 Å². The van der Waals surface area contributed by atoms with Gasteiger partial charge in [0.05, 0.1) is 0 Å². The Hall–Kier alpha value is -0.123. The van der Waals surface area contributed by atoms with Gasteiger partial charge in [0, 0.05) is 23.5 Å². The molecule has 0 rings (SSSR count). The van der Waals surface area contributed by atoms with Gasteiger partial charge in [-0.25, -0.2) is 0 Å². The third-order valence-electron chi connectivity index (χ3n) is 1.19. The molecule has 0 saturated heterocycles. The number of hydrogen-bond donors (Lipinski definition) is 0. The van der Waals surface area contributed by atoms with Crippen LogP contribution in [0.4, 0.5) is 0 Å². The molecule has 0 aromatic rings. The van der Waals surface area contributed by atoms with Crippen LogP contribution in [-0.2, 0) is 9.47 Å². The molecule has 0 aliphatic rings. The van der Waals surface area contributed by atoms with Crippen LogP contribution in [0.5, 0.6) is 0 Å². The van der Waals surface area contributed by atoms with E-state index in [1.807, 2.05) is 19.9 Å². The third-order valence-corrected chi connectivity index (χ3v) is 1.66. The minimum absolute atomic E-state index is 0.126. The Balaban J connectivity index is 3.58. The molecule has 0 bridgehead atoms. The van der Waals surface area contributed by atoms with Crippen LogP contribution in [-0.4, -0.2) is 29.7 Å². The van der Waals surface area contributed by atoms with Crippen LogP contribution in [0.2, 0.25) is 6.04 Å². The van der Waals surface area contributed by atoms with E-state index in [4.69, 9.17) is 9.47 Å². The molecule has 0 N–H and O–H groups in total. The molecule has 11 heavy (non-hydrogen) atoms. The predicted molar refractivity (Wildman–Crippen MR) is 50.9 cm³/mol. The van der Waals surface area contributed by atoms with Crippen molar-refractivity contribution in [2.24, 2.45) is 0 Å². The van der Waals surface area contributed by atoms with Crippen molar-refractivity contribution in [3.8, 4) is 0 Å². The molecule has 0 aliphatic carbocycles. The molecule has 0 heterocycles. The van der Waals surface area contributed by atoms with E-state index >= 15 is 0 Å². The van der Waals surface area contributed by atoms with E-state index in [2.05, 4.69) is 6.08 Å². The zero-order valence-electron chi connectivity index (χ0n) is 7.67. The van der Waals surface area contributed by atoms with E-state index in [-0.39, 0.29) is 6.29 Å². The highest BCUT2D eigenvalue weighted by molar-refractivity contribution is 6.09. The lowest BCUT2D eigenvalue weighted by atomic mass is 10.5. The number of hydrogen-bond acceptors (Lipinski definition) is 2. The molecule has 0 aromatic carbocycles. The van der Waals surface area contributed by atoms with Crippen molar-refractivity contribution in [1.29, 1.82) is 0 Å². The Morgan fingerprint density at radius 3 is 2.18 bits per heavy atom. The van der Waals surface area contributed by atoms with Crippen LogP contribution in [0.15, 0.2) is 12.2 Å². The fourth-order valence-electron chi connectivity index (χ4n) is 0.735. The summed E-state index contributed by atoms with van der Waals surface area (Å²) in [5.41, 5.74) is 0. The Bertz CT molecular complexity index is 98.3. The summed E-state index contributed by atoms with van der Waals surface area (Å²) in [6.07, 6.45) is 3.97. The fraction of sp³-hybridized carbons (Fsp3) is 0.750. The molecule has 0 fully saturated rings. The monoisotopic (exact) mass is 174 g/mol. The van der Waals surface area contributed by atoms with Crippen molar-refractivity contribution < 1.29 is 9.47 Å². The second-order valence-corrected chi connectivity index (χ2v) is 2.93. The first-order chi connectivity index (χ1) is 5.35. The van der Waals surface area contributed by atoms with Gasteiger partial charge in [-0.05, 0) is 26.0 Å². The maximum Gasteiger partial charge on any atom is 0.176 e. The molecule has 3 heteroatoms. The number of ether oxygens (including phenoxy) is 2. The second kappa shape index (κ2) is 7.98. The van der Waals surface area contributed by atoms with Crippen molar-refractivity contribution in [3.63, 3.8) is 0 Å². The SMILES string of the molecule is CCOC(C=CC[SiH3])OCC. The molecule has 0 atom stereocenters. The van der Waals surface area contributed by atoms with Crippen molar-refractivity contribution >= 4 is 10.2 Å². The lowest BCUT2D eigenvalue weighted by Gasteiger charge is -2.11. The predicted octanol–water partition coefficient (Wildman–Crippen LogP) is 0.725. The smallest absolute Gasteiger partial charge is 0.176 e. The van der Waals surface area contributed by atoms with Crippen LogP contribution in [0.25, 0.3) is 0 Å². The average molecular weight is 174 g/mol. The first-order valence-electron chi connectivity index (χ1n) is 4.24. The highest BCUT2D eigenvalue weighted by atomic mass is 28.1. The van der Waals surface area contributed by atoms with Gasteiger partial charge in [0.2, 0.25) is 0 Å². The topological polar surface area (TPSA) is 18.5 Å². The second-order valence-electron chi connectivity index (χ2n) is 2.12. The number of allylic oxidation sites excluding steroid dienone is 1. The summed E-state index contributed by atoms with van der Waals surface area (Å²) in [5, 5.41) is 0. The van der Waals surface area contributed by atoms with E-state index in [0.29, 0.717) is 13.2 Å². The minimum Gasteiger partial charge on any atom is -0.349 e. The molecule has 2 nitrogen and oxygen atoms in total. The molecule has 0 radical (unpaired) electrons. The minimum atomic E-state index is -0.126. The molecule has 0 spiro atoms. The summed E-state index contributed by atoms with van der Waals surface area (Å²) in [7, 11) is 1.20. The molecular weight excluding hydrogens is 156 g/mol. The molecule has 0 unspecified atom stereocenters. The standard InChI is InChI=1S/C8H18O2Si/c1-3-9-8(10-4-2)6-5-7-11/h5-6,8H,3-4,7H2,1-2,11H3. The molecule has 0 aliphatic heterocycles. The van der Waals surface area contributed by atoms with Gasteiger partial charge in [0.15, 0.2) is 6.29 Å². The summed E-state index contributed by atoms with van der Waals surface area (Å²) >= 11 is 0. The Morgan fingerprint density at radius 1 is 1.27 bits per heavy atom. The first-order valence-corrected chi connectivity index (χ1v) is 5.66. The normalized spacial score (nSPS) is 11.9. The van der Waals surface area contributed by atoms with Crippen molar-refractivity contribution in [2.45, 2.75) is 26.2 Å². The van der Waals surface area contributed by atoms with Crippen LogP contribution >= 0.6 is 0 Å². The highest BCUT2D eigenvalue weighted by Crippen LogP contribution is 1.97. The summed E-state index contributed by atoms with van der Waals surface area (Å²) in [5.74, 6) is 0. The summed E-state index contributed by atoms with van der Waals surface area (Å²) in [4.78, 5) is 0. The first kappa shape index (κ1) is 10.9. The molecule has 0 aromatic heterocycles. The maximum absolute atomic E-state index is 5.29. The van der Waals surface area contributed by atoms with Gasteiger partial charge in [-0.15, -0.1) is 0 Å². The summed E-state index contributed by atoms with van der Waals surface area (Å²) in [6, 6.07) is 1.16. The van der Waals surface area contributed by atoms with E-state index in [1.54, 1.807) is 0 Å². The largest absolute Gasteiger partial charge is 0.349 e. The molecule has 0 saturated carbocycles. The lowest BCUT2D eigenvalue weighted by molar-refractivity contribution is -0.103. The summed E-state index contributed by atoms with van der Waals surface area (Å²) < 4.78 is 10.6. The Kier molecular flexibility index (Phi) is 7.89. The van der Waals surface area contributed by atoms with Crippen molar-refractivity contribution in [1.82, 2.24) is 0 Å². The van der Waals surface area contributed by atoms with Gasteiger partial charge in [-0.3, -0.25) is 0 Å². The zero-order valence-corrected chi connectivity index (χ0v) is 9.67. The van der Waals surface area contributed by atoms with E-state index < -0.39 is 0 Å². The number of rotatable bonds is 6. The molecule has 0 amide bonds. The highest BCUT2D eigenvalue weighted by Gasteiger charge is 1.99. The van der Waals surface area contributed by atoms with Crippen LogP contribution in [0, 0.1) is 0 Å². The van der Waals surface area contributed by atoms with Gasteiger partial charge in [0.1, 0.15) is 0 Å². The van der Waals surface area contributed by atoms with Gasteiger partial charge in [0.25, 0.3) is 0 Å². The van der Waals surface area contributed by atoms with Gasteiger partial charge in [-0.1, -0.05) is 6.08 Å². The maximum atomic E-state index is 5.29. The zero-order chi connectivity index (χ0) is 8.53. The van der Waals surface area contributed by atoms with E-state index in [1.165, 1.54) is 10.2 Å². The van der Waals surface area contributed by atoms with E-state index in [9.17, 15) is 0 Å². The summed E-state index contributed by atoms with van der Waals surface area (Å²) in [6.45, 7) is 5.35. The van der Waals surface area contributed by atoms with Crippen LogP contribution in [0.1, 0.15) is 13.8 Å². The van der Waals surface area contributed by atoms with E-state index in [0.717, 1.165) is 6.04 Å². The van der Waals surface area contributed by atoms with Crippen molar-refractivity contribution in [3.05, 3.63) is 12.2 Å². The Labute approximate surface area is 72.0 Å². The fourth-order valence-corrected chi connectivity index (χ4v) is 1.01. The van der Waals surface area contributed by atoms with Gasteiger partial charge in [-0.2, -0.15) is 0 Å². The molecular formula is C8H18O2Si. The van der Waals surface area contributed by atoms with Gasteiger partial charge < -0.3 is 9.47 Å².